The molecule has 0 bridgehead atoms. The van der Waals surface area contributed by atoms with Crippen LogP contribution < -0.4 is 19.5 Å². The van der Waals surface area contributed by atoms with Crippen molar-refractivity contribution in [1.82, 2.24) is 4.98 Å². The maximum absolute atomic E-state index is 13.1. The van der Waals surface area contributed by atoms with Crippen molar-refractivity contribution in [3.63, 3.8) is 0 Å². The molecule has 1 N–H and O–H groups in total. The first-order valence-corrected chi connectivity index (χ1v) is 10.2. The summed E-state index contributed by atoms with van der Waals surface area (Å²) in [5.41, 5.74) is 1.12. The highest BCUT2D eigenvalue weighted by atomic mass is 16.5. The third kappa shape index (κ3) is 3.89. The van der Waals surface area contributed by atoms with Crippen LogP contribution in [0.3, 0.4) is 0 Å². The Balaban J connectivity index is 0.00000306. The van der Waals surface area contributed by atoms with E-state index in [2.05, 4.69) is 10.3 Å². The second kappa shape index (κ2) is 8.70. The van der Waals surface area contributed by atoms with Gasteiger partial charge in [0.2, 0.25) is 5.91 Å². The Morgan fingerprint density at radius 3 is 2.25 bits per heavy atom. The Morgan fingerprint density at radius 2 is 1.62 bits per heavy atom. The second-order valence-electron chi connectivity index (χ2n) is 7.57. The lowest BCUT2D eigenvalue weighted by Gasteiger charge is -2.17. The lowest BCUT2D eigenvalue weighted by atomic mass is 9.94. The largest absolute Gasteiger partial charge is 0.496 e. The van der Waals surface area contributed by atoms with E-state index in [0.717, 1.165) is 18.4 Å². The molecule has 1 aromatic heterocycles. The van der Waals surface area contributed by atoms with E-state index in [1.165, 1.54) is 13.3 Å². The van der Waals surface area contributed by atoms with Gasteiger partial charge in [0.05, 0.1) is 32.3 Å². The van der Waals surface area contributed by atoms with Crippen LogP contribution in [-0.2, 0) is 10.2 Å². The molecule has 3 aromatic rings. The zero-order valence-electron chi connectivity index (χ0n) is 18.2. The summed E-state index contributed by atoms with van der Waals surface area (Å²) in [5, 5.41) is 2.88. The van der Waals surface area contributed by atoms with Gasteiger partial charge in [-0.15, -0.1) is 0 Å². The maximum atomic E-state index is 13.1. The number of aromatic nitrogens is 1. The predicted molar refractivity (Wildman–Crippen MR) is 122 cm³/mol. The molecular weight excluding hydrogens is 408 g/mol. The summed E-state index contributed by atoms with van der Waals surface area (Å²) in [6.45, 7) is 0. The second-order valence-corrected chi connectivity index (χ2v) is 7.57. The molecule has 1 aliphatic rings. The van der Waals surface area contributed by atoms with Crippen molar-refractivity contribution in [2.45, 2.75) is 18.3 Å². The van der Waals surface area contributed by atoms with Crippen molar-refractivity contribution in [1.29, 1.82) is 0 Å². The molecule has 32 heavy (non-hydrogen) atoms. The number of rotatable bonds is 8. The van der Waals surface area contributed by atoms with Crippen LogP contribution >= 0.6 is 0 Å². The maximum Gasteiger partial charge on any atom is 0.236 e. The summed E-state index contributed by atoms with van der Waals surface area (Å²) < 4.78 is 15.9. The SMILES string of the molecule is COc1ccc(C2(C(=O)Nc3ccc(C(=O)c4ccccc4OC)cn3)CC2)cc1OC.[HH]. The van der Waals surface area contributed by atoms with Crippen LogP contribution in [0.1, 0.15) is 35.8 Å². The molecule has 0 unspecified atom stereocenters. The number of hydrogen-bond donors (Lipinski definition) is 1. The van der Waals surface area contributed by atoms with E-state index in [4.69, 9.17) is 14.2 Å². The molecule has 1 aliphatic carbocycles. The Kier molecular flexibility index (Phi) is 5.81. The molecule has 0 radical (unpaired) electrons. The Labute approximate surface area is 187 Å². The fourth-order valence-electron chi connectivity index (χ4n) is 3.73. The molecule has 2 aromatic carbocycles. The number of nitrogens with zero attached hydrogens (tertiary/aromatic N) is 1. The normalized spacial score (nSPS) is 13.7. The summed E-state index contributed by atoms with van der Waals surface area (Å²) in [7, 11) is 4.67. The smallest absolute Gasteiger partial charge is 0.236 e. The highest BCUT2D eigenvalue weighted by Gasteiger charge is 2.51. The lowest BCUT2D eigenvalue weighted by molar-refractivity contribution is -0.118. The number of carbonyl (C=O) groups excluding carboxylic acids is 2. The molecule has 1 fully saturated rings. The van der Waals surface area contributed by atoms with Crippen molar-refractivity contribution < 1.29 is 25.2 Å². The zero-order valence-corrected chi connectivity index (χ0v) is 18.2. The summed E-state index contributed by atoms with van der Waals surface area (Å²) in [6.07, 6.45) is 2.93. The first-order chi connectivity index (χ1) is 15.5. The molecule has 166 valence electrons. The number of anilines is 1. The van der Waals surface area contributed by atoms with Crippen molar-refractivity contribution in [2.24, 2.45) is 0 Å². The minimum absolute atomic E-state index is 0. The standard InChI is InChI=1S/C25H24N2O5.H2/c1-30-19-7-5-4-6-18(19)23(28)16-8-11-22(26-15-16)27-24(29)25(12-13-25)17-9-10-20(31-2)21(14-17)32-3;/h4-11,14-15H,12-13H2,1-3H3,(H,26,27,29);1H. The highest BCUT2D eigenvalue weighted by Crippen LogP contribution is 2.50. The number of carbonyl (C=O) groups is 2. The summed E-state index contributed by atoms with van der Waals surface area (Å²) in [5.74, 6) is 1.75. The number of para-hydroxylation sites is 1. The number of ether oxygens (including phenoxy) is 3. The summed E-state index contributed by atoms with van der Waals surface area (Å²) in [4.78, 5) is 30.1. The van der Waals surface area contributed by atoms with Crippen LogP contribution in [-0.4, -0.2) is 38.0 Å². The molecule has 0 saturated heterocycles. The Bertz CT molecular complexity index is 1160. The molecule has 0 atom stereocenters. The van der Waals surface area contributed by atoms with E-state index in [9.17, 15) is 9.59 Å². The number of nitrogens with one attached hydrogen (secondary N) is 1. The molecular formula is C25H26N2O5. The molecule has 0 aliphatic heterocycles. The number of amides is 1. The monoisotopic (exact) mass is 434 g/mol. The van der Waals surface area contributed by atoms with E-state index < -0.39 is 5.41 Å². The van der Waals surface area contributed by atoms with Crippen molar-refractivity contribution in [2.75, 3.05) is 26.6 Å². The average molecular weight is 434 g/mol. The highest BCUT2D eigenvalue weighted by molar-refractivity contribution is 6.10. The molecule has 1 amide bonds. The van der Waals surface area contributed by atoms with Crippen LogP contribution in [0.25, 0.3) is 0 Å². The molecule has 7 nitrogen and oxygen atoms in total. The van der Waals surface area contributed by atoms with E-state index in [-0.39, 0.29) is 13.1 Å². The van der Waals surface area contributed by atoms with Crippen molar-refractivity contribution in [3.05, 3.63) is 77.5 Å². The van der Waals surface area contributed by atoms with Gasteiger partial charge in [0.15, 0.2) is 17.3 Å². The fraction of sp³-hybridized carbons (Fsp3) is 0.240. The van der Waals surface area contributed by atoms with Crippen LogP contribution in [0.15, 0.2) is 60.8 Å². The lowest BCUT2D eigenvalue weighted by Crippen LogP contribution is -2.28. The average Bonchev–Trinajstić information content (AvgIpc) is 3.66. The third-order valence-corrected chi connectivity index (χ3v) is 5.74. The molecule has 1 saturated carbocycles. The molecule has 1 heterocycles. The first kappa shape index (κ1) is 21.4. The van der Waals surface area contributed by atoms with E-state index >= 15 is 0 Å². The van der Waals surface area contributed by atoms with Gasteiger partial charge in [-0.3, -0.25) is 9.59 Å². The van der Waals surface area contributed by atoms with Crippen LogP contribution in [0.4, 0.5) is 5.82 Å². The number of benzene rings is 2. The van der Waals surface area contributed by atoms with Gasteiger partial charge >= 0.3 is 0 Å². The van der Waals surface area contributed by atoms with Gasteiger partial charge in [-0.05, 0) is 54.8 Å². The van der Waals surface area contributed by atoms with Crippen molar-refractivity contribution >= 4 is 17.5 Å². The van der Waals surface area contributed by atoms with Gasteiger partial charge in [-0.1, -0.05) is 18.2 Å². The minimum atomic E-state index is -0.618. The number of pyridine rings is 1. The number of hydrogen-bond acceptors (Lipinski definition) is 6. The Hall–Kier alpha value is -3.87. The molecule has 4 rings (SSSR count). The van der Waals surface area contributed by atoms with E-state index in [0.29, 0.717) is 34.2 Å². The summed E-state index contributed by atoms with van der Waals surface area (Å²) >= 11 is 0. The number of methoxy groups -OCH3 is 3. The van der Waals surface area contributed by atoms with Crippen LogP contribution in [0, 0.1) is 0 Å². The quantitative estimate of drug-likeness (QED) is 0.533. The van der Waals surface area contributed by atoms with Crippen LogP contribution in [0.5, 0.6) is 17.2 Å². The Morgan fingerprint density at radius 1 is 0.906 bits per heavy atom. The van der Waals surface area contributed by atoms with E-state index in [1.807, 2.05) is 12.1 Å². The van der Waals surface area contributed by atoms with Gasteiger partial charge in [-0.25, -0.2) is 4.98 Å². The topological polar surface area (TPSA) is 86.8 Å². The number of ketones is 1. The van der Waals surface area contributed by atoms with E-state index in [1.54, 1.807) is 56.7 Å². The first-order valence-electron chi connectivity index (χ1n) is 10.2. The van der Waals surface area contributed by atoms with Gasteiger partial charge in [0.1, 0.15) is 11.6 Å². The van der Waals surface area contributed by atoms with Gasteiger partial charge < -0.3 is 19.5 Å². The van der Waals surface area contributed by atoms with Crippen molar-refractivity contribution in [3.8, 4) is 17.2 Å². The fourth-order valence-corrected chi connectivity index (χ4v) is 3.73. The van der Waals surface area contributed by atoms with Gasteiger partial charge in [-0.2, -0.15) is 0 Å². The third-order valence-electron chi connectivity index (χ3n) is 5.74. The molecule has 0 spiro atoms. The molecule has 7 heteroatoms. The minimum Gasteiger partial charge on any atom is -0.496 e. The van der Waals surface area contributed by atoms with Gasteiger partial charge in [0, 0.05) is 13.2 Å². The summed E-state index contributed by atoms with van der Waals surface area (Å²) in [6, 6.07) is 15.8. The zero-order chi connectivity index (χ0) is 22.7. The van der Waals surface area contributed by atoms with Gasteiger partial charge in [0.25, 0.3) is 0 Å². The predicted octanol–water partition coefficient (Wildman–Crippen LogP) is 4.25. The van der Waals surface area contributed by atoms with Crippen LogP contribution in [0.2, 0.25) is 0 Å².